The molecule has 114 valence electrons. The van der Waals surface area contributed by atoms with Gasteiger partial charge < -0.3 is 9.83 Å². The fourth-order valence-electron chi connectivity index (χ4n) is 1.77. The van der Waals surface area contributed by atoms with Crippen LogP contribution in [-0.4, -0.2) is 33.9 Å². The zero-order valence-corrected chi connectivity index (χ0v) is 12.3. The highest BCUT2D eigenvalue weighted by molar-refractivity contribution is 6.68. The third-order valence-electron chi connectivity index (χ3n) is 2.81. The van der Waals surface area contributed by atoms with Crippen LogP contribution in [0, 0.1) is 11.2 Å². The highest BCUT2D eigenvalue weighted by Crippen LogP contribution is 2.11. The van der Waals surface area contributed by atoms with E-state index in [0.29, 0.717) is 18.9 Å². The molecule has 1 N–H and O–H groups in total. The van der Waals surface area contributed by atoms with Gasteiger partial charge in [-0.1, -0.05) is 12.1 Å². The van der Waals surface area contributed by atoms with Gasteiger partial charge in [-0.3, -0.25) is 9.79 Å². The largest absolute Gasteiger partial charge is 0.419 e. The number of nitrogens with one attached hydrogen (secondary N) is 1. The first-order valence-electron chi connectivity index (χ1n) is 6.72. The second kappa shape index (κ2) is 6.84. The summed E-state index contributed by atoms with van der Waals surface area (Å²) in [6.07, 6.45) is 0.324. The number of ketones is 1. The summed E-state index contributed by atoms with van der Waals surface area (Å²) in [4.78, 5) is 15.9. The quantitative estimate of drug-likeness (QED) is 0.828. The number of aliphatic imine (C=N–C) groups is 1. The Hall–Kier alpha value is -2.70. The zero-order valence-electron chi connectivity index (χ0n) is 12.3. The second-order valence-electron chi connectivity index (χ2n) is 4.58. The summed E-state index contributed by atoms with van der Waals surface area (Å²) in [5, 5.41) is 15.1. The van der Waals surface area contributed by atoms with Crippen molar-refractivity contribution in [3.05, 3.63) is 47.4 Å². The Bertz CT molecular complexity index is 719. The van der Waals surface area contributed by atoms with Crippen LogP contribution in [0.25, 0.3) is 0 Å². The molecule has 0 unspecified atom stereocenters. The third kappa shape index (κ3) is 3.69. The van der Waals surface area contributed by atoms with E-state index in [1.807, 2.05) is 0 Å². The SMILES string of the molecule is CCN=C(C(=O)C(C)=N)c1nnc(Cc2ccc(F)cc2)o1. The normalized spacial score (nSPS) is 11.5. The Balaban J connectivity index is 2.22. The Kier molecular flexibility index (Phi) is 4.88. The van der Waals surface area contributed by atoms with Crippen molar-refractivity contribution in [1.82, 2.24) is 10.2 Å². The highest BCUT2D eigenvalue weighted by Gasteiger charge is 2.21. The van der Waals surface area contributed by atoms with E-state index in [9.17, 15) is 9.18 Å². The van der Waals surface area contributed by atoms with Crippen molar-refractivity contribution < 1.29 is 13.6 Å². The fourth-order valence-corrected chi connectivity index (χ4v) is 1.77. The van der Waals surface area contributed by atoms with Gasteiger partial charge in [-0.25, -0.2) is 4.39 Å². The molecule has 6 nitrogen and oxygen atoms in total. The van der Waals surface area contributed by atoms with Crippen molar-refractivity contribution in [1.29, 1.82) is 5.41 Å². The third-order valence-corrected chi connectivity index (χ3v) is 2.81. The van der Waals surface area contributed by atoms with Crippen molar-refractivity contribution >= 4 is 17.2 Å². The van der Waals surface area contributed by atoms with Crippen LogP contribution in [0.4, 0.5) is 4.39 Å². The van der Waals surface area contributed by atoms with Crippen molar-refractivity contribution in [2.45, 2.75) is 20.3 Å². The van der Waals surface area contributed by atoms with E-state index in [2.05, 4.69) is 15.2 Å². The van der Waals surface area contributed by atoms with E-state index in [1.165, 1.54) is 19.1 Å². The fraction of sp³-hybridized carbons (Fsp3) is 0.267. The summed E-state index contributed by atoms with van der Waals surface area (Å²) in [6, 6.07) is 5.93. The molecule has 0 aliphatic carbocycles. The minimum absolute atomic E-state index is 0.00411. The Morgan fingerprint density at radius 3 is 2.59 bits per heavy atom. The van der Waals surface area contributed by atoms with Gasteiger partial charge in [-0.2, -0.15) is 0 Å². The monoisotopic (exact) mass is 302 g/mol. The molecule has 1 aromatic carbocycles. The molecule has 0 spiro atoms. The van der Waals surface area contributed by atoms with Gasteiger partial charge >= 0.3 is 0 Å². The van der Waals surface area contributed by atoms with Crippen molar-refractivity contribution in [3.8, 4) is 0 Å². The molecule has 0 amide bonds. The second-order valence-corrected chi connectivity index (χ2v) is 4.58. The maximum Gasteiger partial charge on any atom is 0.270 e. The van der Waals surface area contributed by atoms with Gasteiger partial charge in [-0.15, -0.1) is 10.2 Å². The number of nitrogens with zero attached hydrogens (tertiary/aromatic N) is 3. The molecule has 0 aliphatic heterocycles. The minimum atomic E-state index is -0.543. The number of benzene rings is 1. The lowest BCUT2D eigenvalue weighted by Crippen LogP contribution is -2.23. The molecule has 2 aromatic rings. The van der Waals surface area contributed by atoms with Crippen LogP contribution in [0.15, 0.2) is 33.7 Å². The van der Waals surface area contributed by atoms with Gasteiger partial charge in [0.2, 0.25) is 11.7 Å². The van der Waals surface area contributed by atoms with Crippen LogP contribution >= 0.6 is 0 Å². The smallest absolute Gasteiger partial charge is 0.270 e. The summed E-state index contributed by atoms with van der Waals surface area (Å²) in [5.41, 5.74) is 0.651. The Labute approximate surface area is 126 Å². The number of Topliss-reactive ketones (excluding diaryl/α,β-unsaturated/α-hetero) is 1. The topological polar surface area (TPSA) is 92.2 Å². The molecule has 0 saturated carbocycles. The summed E-state index contributed by atoms with van der Waals surface area (Å²) in [6.45, 7) is 3.51. The highest BCUT2D eigenvalue weighted by atomic mass is 19.1. The van der Waals surface area contributed by atoms with Crippen molar-refractivity contribution in [3.63, 3.8) is 0 Å². The molecule has 0 fully saturated rings. The summed E-state index contributed by atoms with van der Waals surface area (Å²) < 4.78 is 18.3. The summed E-state index contributed by atoms with van der Waals surface area (Å²) >= 11 is 0. The molecule has 22 heavy (non-hydrogen) atoms. The van der Waals surface area contributed by atoms with Crippen LogP contribution in [0.5, 0.6) is 0 Å². The molecule has 0 atom stereocenters. The Morgan fingerprint density at radius 1 is 1.32 bits per heavy atom. The number of halogens is 1. The molecule has 0 bridgehead atoms. The number of aromatic nitrogens is 2. The lowest BCUT2D eigenvalue weighted by atomic mass is 10.1. The lowest BCUT2D eigenvalue weighted by molar-refractivity contribution is -0.107. The van der Waals surface area contributed by atoms with Crippen LogP contribution < -0.4 is 0 Å². The number of hydrogen-bond acceptors (Lipinski definition) is 6. The first-order valence-corrected chi connectivity index (χ1v) is 6.72. The van der Waals surface area contributed by atoms with Crippen LogP contribution in [-0.2, 0) is 11.2 Å². The zero-order chi connectivity index (χ0) is 16.1. The van der Waals surface area contributed by atoms with Crippen LogP contribution in [0.1, 0.15) is 31.2 Å². The molecule has 0 radical (unpaired) electrons. The van der Waals surface area contributed by atoms with Crippen LogP contribution in [0.2, 0.25) is 0 Å². The van der Waals surface area contributed by atoms with E-state index < -0.39 is 5.78 Å². The average Bonchev–Trinajstić information content (AvgIpc) is 2.94. The average molecular weight is 302 g/mol. The maximum absolute atomic E-state index is 12.9. The first-order chi connectivity index (χ1) is 10.5. The van der Waals surface area contributed by atoms with Gasteiger partial charge in [0.05, 0.1) is 12.1 Å². The number of carbonyl (C=O) groups excluding carboxylic acids is 1. The van der Waals surface area contributed by atoms with Gasteiger partial charge in [0.1, 0.15) is 5.82 Å². The van der Waals surface area contributed by atoms with E-state index in [1.54, 1.807) is 19.1 Å². The lowest BCUT2D eigenvalue weighted by Gasteiger charge is -1.99. The maximum atomic E-state index is 12.9. The molecule has 0 aliphatic rings. The van der Waals surface area contributed by atoms with E-state index in [4.69, 9.17) is 9.83 Å². The van der Waals surface area contributed by atoms with Gasteiger partial charge in [0.25, 0.3) is 5.89 Å². The predicted octanol–water partition coefficient (Wildman–Crippen LogP) is 2.22. The Morgan fingerprint density at radius 2 is 2.00 bits per heavy atom. The first kappa shape index (κ1) is 15.7. The van der Waals surface area contributed by atoms with Gasteiger partial charge in [0.15, 0.2) is 5.71 Å². The molecular formula is C15H15FN4O2. The summed E-state index contributed by atoms with van der Waals surface area (Å²) in [5.74, 6) is -0.574. The molecule has 1 heterocycles. The molecule has 1 aromatic heterocycles. The van der Waals surface area contributed by atoms with Gasteiger partial charge in [-0.05, 0) is 31.5 Å². The number of carbonyl (C=O) groups is 1. The van der Waals surface area contributed by atoms with Crippen molar-refractivity contribution in [2.75, 3.05) is 6.54 Å². The number of rotatable bonds is 6. The van der Waals surface area contributed by atoms with E-state index in [-0.39, 0.29) is 23.1 Å². The van der Waals surface area contributed by atoms with Crippen LogP contribution in [0.3, 0.4) is 0 Å². The predicted molar refractivity (Wildman–Crippen MR) is 79.0 cm³/mol. The minimum Gasteiger partial charge on any atom is -0.419 e. The van der Waals surface area contributed by atoms with Gasteiger partial charge in [0, 0.05) is 6.54 Å². The molecule has 2 rings (SSSR count). The van der Waals surface area contributed by atoms with E-state index >= 15 is 0 Å². The molecule has 0 saturated heterocycles. The van der Waals surface area contributed by atoms with Crippen molar-refractivity contribution in [2.24, 2.45) is 4.99 Å². The standard InChI is InChI=1S/C15H15FN4O2/c1-3-18-13(14(21)9(2)17)15-20-19-12(22-15)8-10-4-6-11(16)7-5-10/h4-7,17H,3,8H2,1-2H3. The molecule has 7 heteroatoms. The molecular weight excluding hydrogens is 287 g/mol. The number of hydrogen-bond donors (Lipinski definition) is 1. The van der Waals surface area contributed by atoms with E-state index in [0.717, 1.165) is 5.56 Å². The summed E-state index contributed by atoms with van der Waals surface area (Å²) in [7, 11) is 0.